The van der Waals surface area contributed by atoms with Crippen molar-refractivity contribution >= 4 is 35.4 Å². The van der Waals surface area contributed by atoms with E-state index in [1.54, 1.807) is 0 Å². The Morgan fingerprint density at radius 1 is 1.69 bits per heavy atom. The molecule has 0 aliphatic carbocycles. The number of hydrogen-bond donors (Lipinski definition) is 2. The van der Waals surface area contributed by atoms with Gasteiger partial charge in [-0.3, -0.25) is 0 Å². The maximum atomic E-state index is 10.5. The van der Waals surface area contributed by atoms with Crippen molar-refractivity contribution in [3.05, 3.63) is 15.8 Å². The normalized spacial score (nSPS) is 9.31. The molecule has 0 spiro atoms. The highest BCUT2D eigenvalue weighted by Gasteiger charge is 2.10. The van der Waals surface area contributed by atoms with Crippen LogP contribution in [0.3, 0.4) is 0 Å². The molecule has 3 N–H and O–H groups in total. The number of rotatable bonds is 3. The van der Waals surface area contributed by atoms with Crippen LogP contribution in [0.1, 0.15) is 27.9 Å². The molecule has 0 amide bonds. The lowest BCUT2D eigenvalue weighted by molar-refractivity contribution is 0.0702. The van der Waals surface area contributed by atoms with Crippen LogP contribution in [0.2, 0.25) is 0 Å². The Morgan fingerprint density at radius 2 is 2.31 bits per heavy atom. The molecule has 0 aromatic carbocycles. The number of aromatic carboxylic acids is 1. The van der Waals surface area contributed by atoms with Crippen LogP contribution in [-0.4, -0.2) is 11.1 Å². The Kier molecular flexibility index (Phi) is 4.80. The predicted molar refractivity (Wildman–Crippen MR) is 56.9 cm³/mol. The number of thiophene rings is 1. The summed E-state index contributed by atoms with van der Waals surface area (Å²) in [5.74, 6) is -0.894. The first-order chi connectivity index (χ1) is 5.65. The van der Waals surface area contributed by atoms with E-state index in [4.69, 9.17) is 10.8 Å². The molecule has 0 unspecified atom stereocenters. The number of nitrogen functional groups attached to an aromatic ring is 1. The van der Waals surface area contributed by atoms with Gasteiger partial charge in [0, 0.05) is 10.6 Å². The zero-order valence-corrected chi connectivity index (χ0v) is 8.87. The predicted octanol–water partition coefficient (Wildman–Crippen LogP) is 2.40. The van der Waals surface area contributed by atoms with Gasteiger partial charge in [0.2, 0.25) is 0 Å². The van der Waals surface area contributed by atoms with Crippen LogP contribution in [0.4, 0.5) is 5.69 Å². The topological polar surface area (TPSA) is 63.3 Å². The number of nitrogens with two attached hydrogens (primary N) is 1. The maximum absolute atomic E-state index is 10.5. The standard InChI is InChI=1S/C8H11NO2S.ClH/c1-2-3-6-5(9)4-7(12-6)8(10)11;/h4H,2-3,9H2,1H3,(H,10,11);1H. The monoisotopic (exact) mass is 221 g/mol. The average Bonchev–Trinajstić information content (AvgIpc) is 2.34. The maximum Gasteiger partial charge on any atom is 0.345 e. The first kappa shape index (κ1) is 12.3. The molecular formula is C8H12ClNO2S. The minimum Gasteiger partial charge on any atom is -0.477 e. The molecule has 13 heavy (non-hydrogen) atoms. The zero-order valence-electron chi connectivity index (χ0n) is 7.24. The Morgan fingerprint density at radius 3 is 2.69 bits per heavy atom. The molecule has 0 atom stereocenters. The molecule has 0 aliphatic heterocycles. The largest absolute Gasteiger partial charge is 0.477 e. The lowest BCUT2D eigenvalue weighted by Crippen LogP contribution is -1.90. The van der Waals surface area contributed by atoms with Crippen molar-refractivity contribution in [3.8, 4) is 0 Å². The SMILES string of the molecule is CCCc1sc(C(=O)O)cc1N.Cl. The van der Waals surface area contributed by atoms with E-state index >= 15 is 0 Å². The third kappa shape index (κ3) is 2.90. The Balaban J connectivity index is 0.00000144. The van der Waals surface area contributed by atoms with E-state index in [2.05, 4.69) is 0 Å². The van der Waals surface area contributed by atoms with Gasteiger partial charge in [-0.25, -0.2) is 4.79 Å². The van der Waals surface area contributed by atoms with Gasteiger partial charge in [-0.15, -0.1) is 23.7 Å². The second-order valence-electron chi connectivity index (χ2n) is 2.54. The highest BCUT2D eigenvalue weighted by molar-refractivity contribution is 7.14. The molecule has 0 bridgehead atoms. The quantitative estimate of drug-likeness (QED) is 0.824. The third-order valence-electron chi connectivity index (χ3n) is 1.53. The molecule has 0 aliphatic rings. The number of anilines is 1. The van der Waals surface area contributed by atoms with Crippen molar-refractivity contribution < 1.29 is 9.90 Å². The number of hydrogen-bond acceptors (Lipinski definition) is 3. The van der Waals surface area contributed by atoms with Gasteiger partial charge in [0.25, 0.3) is 0 Å². The van der Waals surface area contributed by atoms with E-state index in [1.165, 1.54) is 17.4 Å². The number of carboxylic acids is 1. The fourth-order valence-corrected chi connectivity index (χ4v) is 1.99. The fraction of sp³-hybridized carbons (Fsp3) is 0.375. The van der Waals surface area contributed by atoms with Crippen LogP contribution < -0.4 is 5.73 Å². The second-order valence-corrected chi connectivity index (χ2v) is 3.68. The molecule has 3 nitrogen and oxygen atoms in total. The van der Waals surface area contributed by atoms with E-state index in [-0.39, 0.29) is 12.4 Å². The van der Waals surface area contributed by atoms with Gasteiger partial charge in [0.05, 0.1) is 0 Å². The molecule has 0 saturated heterocycles. The fourth-order valence-electron chi connectivity index (χ4n) is 0.971. The lowest BCUT2D eigenvalue weighted by atomic mass is 10.2. The first-order valence-corrected chi connectivity index (χ1v) is 4.58. The molecular weight excluding hydrogens is 210 g/mol. The molecule has 1 aromatic heterocycles. The summed E-state index contributed by atoms with van der Waals surface area (Å²) in [5.41, 5.74) is 6.22. The van der Waals surface area contributed by atoms with Crippen LogP contribution in [0, 0.1) is 0 Å². The Bertz CT molecular complexity index is 298. The van der Waals surface area contributed by atoms with Gasteiger partial charge in [0.1, 0.15) is 4.88 Å². The van der Waals surface area contributed by atoms with Crippen molar-refractivity contribution in [2.24, 2.45) is 0 Å². The minimum atomic E-state index is -0.894. The van der Waals surface area contributed by atoms with E-state index < -0.39 is 5.97 Å². The summed E-state index contributed by atoms with van der Waals surface area (Å²) < 4.78 is 0. The van der Waals surface area contributed by atoms with Crippen LogP contribution in [0.25, 0.3) is 0 Å². The van der Waals surface area contributed by atoms with Crippen LogP contribution in [-0.2, 0) is 6.42 Å². The molecule has 0 saturated carbocycles. The van der Waals surface area contributed by atoms with Gasteiger partial charge in [0.15, 0.2) is 0 Å². The summed E-state index contributed by atoms with van der Waals surface area (Å²) in [6, 6.07) is 1.53. The Hall–Kier alpha value is -0.740. The van der Waals surface area contributed by atoms with Crippen LogP contribution in [0.15, 0.2) is 6.07 Å². The minimum absolute atomic E-state index is 0. The molecule has 0 fully saturated rings. The van der Waals surface area contributed by atoms with E-state index in [1.807, 2.05) is 6.92 Å². The van der Waals surface area contributed by atoms with Gasteiger partial charge in [-0.05, 0) is 12.5 Å². The van der Waals surface area contributed by atoms with Gasteiger partial charge in [-0.1, -0.05) is 13.3 Å². The number of carbonyl (C=O) groups is 1. The number of carboxylic acid groups (broad SMARTS) is 1. The number of aryl methyl sites for hydroxylation is 1. The first-order valence-electron chi connectivity index (χ1n) is 3.76. The molecule has 74 valence electrons. The Labute approximate surface area is 87.0 Å². The summed E-state index contributed by atoms with van der Waals surface area (Å²) in [7, 11) is 0. The molecule has 5 heteroatoms. The van der Waals surface area contributed by atoms with E-state index in [9.17, 15) is 4.79 Å². The van der Waals surface area contributed by atoms with Crippen molar-refractivity contribution in [3.63, 3.8) is 0 Å². The van der Waals surface area contributed by atoms with Crippen molar-refractivity contribution in [1.29, 1.82) is 0 Å². The van der Waals surface area contributed by atoms with Gasteiger partial charge in [-0.2, -0.15) is 0 Å². The van der Waals surface area contributed by atoms with Crippen molar-refractivity contribution in [2.45, 2.75) is 19.8 Å². The van der Waals surface area contributed by atoms with E-state index in [0.717, 1.165) is 17.7 Å². The summed E-state index contributed by atoms with van der Waals surface area (Å²) in [5, 5.41) is 8.65. The summed E-state index contributed by atoms with van der Waals surface area (Å²) in [6.45, 7) is 2.04. The average molecular weight is 222 g/mol. The van der Waals surface area contributed by atoms with Gasteiger partial charge >= 0.3 is 5.97 Å². The van der Waals surface area contributed by atoms with Crippen LogP contribution >= 0.6 is 23.7 Å². The molecule has 1 heterocycles. The lowest BCUT2D eigenvalue weighted by Gasteiger charge is -1.92. The summed E-state index contributed by atoms with van der Waals surface area (Å²) in [6.07, 6.45) is 1.85. The molecule has 1 rings (SSSR count). The third-order valence-corrected chi connectivity index (χ3v) is 2.73. The number of halogens is 1. The summed E-state index contributed by atoms with van der Waals surface area (Å²) in [4.78, 5) is 11.8. The zero-order chi connectivity index (χ0) is 9.14. The van der Waals surface area contributed by atoms with Crippen molar-refractivity contribution in [2.75, 3.05) is 5.73 Å². The van der Waals surface area contributed by atoms with Crippen LogP contribution in [0.5, 0.6) is 0 Å². The molecule has 0 radical (unpaired) electrons. The summed E-state index contributed by atoms with van der Waals surface area (Å²) >= 11 is 1.27. The van der Waals surface area contributed by atoms with Gasteiger partial charge < -0.3 is 10.8 Å². The van der Waals surface area contributed by atoms with E-state index in [0.29, 0.717) is 10.6 Å². The molecule has 1 aromatic rings. The highest BCUT2D eigenvalue weighted by atomic mass is 35.5. The van der Waals surface area contributed by atoms with Crippen molar-refractivity contribution in [1.82, 2.24) is 0 Å². The highest BCUT2D eigenvalue weighted by Crippen LogP contribution is 2.25. The smallest absolute Gasteiger partial charge is 0.345 e. The second kappa shape index (κ2) is 5.09.